The molecule has 0 atom stereocenters. The van der Waals surface area contributed by atoms with Gasteiger partial charge in [-0.2, -0.15) is 6.42 Å². The predicted octanol–water partition coefficient (Wildman–Crippen LogP) is 1.33. The van der Waals surface area contributed by atoms with Crippen LogP contribution in [0.4, 0.5) is 0 Å². The van der Waals surface area contributed by atoms with Gasteiger partial charge >= 0.3 is 0 Å². The summed E-state index contributed by atoms with van der Waals surface area (Å²) in [5, 5.41) is 24.2. The summed E-state index contributed by atoms with van der Waals surface area (Å²) >= 11 is 0. The van der Waals surface area contributed by atoms with E-state index >= 15 is 0 Å². The predicted molar refractivity (Wildman–Crippen MR) is 71.1 cm³/mol. The first-order valence-corrected chi connectivity index (χ1v) is 5.65. The summed E-state index contributed by atoms with van der Waals surface area (Å²) in [5.41, 5.74) is 4.97. The number of nitrogens with two attached hydrogens (primary N) is 1. The van der Waals surface area contributed by atoms with Crippen LogP contribution >= 0.6 is 0 Å². The Morgan fingerprint density at radius 3 is 0.882 bits per heavy atom. The molecule has 0 saturated heterocycles. The van der Waals surface area contributed by atoms with Crippen molar-refractivity contribution < 1.29 is 37.0 Å². The molecule has 0 aliphatic carbocycles. The van der Waals surface area contributed by atoms with Gasteiger partial charge in [0.25, 0.3) is 0 Å². The van der Waals surface area contributed by atoms with Gasteiger partial charge in [0.05, 0.1) is 0 Å². The van der Waals surface area contributed by atoms with Crippen LogP contribution in [0.25, 0.3) is 0 Å². The molecule has 4 nitrogen and oxygen atoms in total. The van der Waals surface area contributed by atoms with E-state index in [9.17, 15) is 0 Å². The molecule has 0 rings (SSSR count). The second-order valence-electron chi connectivity index (χ2n) is 3.92. The Morgan fingerprint density at radius 2 is 0.882 bits per heavy atom. The molecule has 5 heteroatoms. The van der Waals surface area contributed by atoms with Crippen LogP contribution in [0.1, 0.15) is 48.0 Å². The van der Waals surface area contributed by atoms with Crippen molar-refractivity contribution in [2.24, 2.45) is 5.73 Å². The number of hydrogen-bond donors (Lipinski definition) is 4. The van der Waals surface area contributed by atoms with Gasteiger partial charge in [-0.3, -0.25) is 0 Å². The van der Waals surface area contributed by atoms with Gasteiger partial charge in [-0.05, 0) is 48.1 Å². The second-order valence-corrected chi connectivity index (χ2v) is 3.92. The van der Waals surface area contributed by atoms with E-state index in [4.69, 9.17) is 21.1 Å². The Balaban J connectivity index is -0.0000000369. The van der Waals surface area contributed by atoms with E-state index in [1.165, 1.54) is 0 Å². The van der Waals surface area contributed by atoms with Crippen molar-refractivity contribution in [2.75, 3.05) is 6.54 Å². The van der Waals surface area contributed by atoms with Crippen LogP contribution < -0.4 is 5.73 Å². The zero-order chi connectivity index (χ0) is 14.1. The minimum Gasteiger partial charge on any atom is -0.394 e. The third-order valence-corrected chi connectivity index (χ3v) is 0.204. The zero-order valence-electron chi connectivity index (χ0n) is 12.3. The molecule has 0 radical (unpaired) electrons. The van der Waals surface area contributed by atoms with Crippen molar-refractivity contribution in [1.29, 1.82) is 0 Å². The van der Waals surface area contributed by atoms with E-state index in [1.54, 1.807) is 41.5 Å². The normalized spacial score (nSPS) is 8.12. The van der Waals surface area contributed by atoms with Crippen LogP contribution in [0, 0.1) is 6.92 Å². The SMILES string of the molecule is CC(C)O.CC(C)O.CC(C)O.[CH2-]CCN.[Ti]. The van der Waals surface area contributed by atoms with E-state index in [0.29, 0.717) is 6.54 Å². The monoisotopic (exact) mass is 286 g/mol. The van der Waals surface area contributed by atoms with Crippen LogP contribution in [0.5, 0.6) is 0 Å². The Morgan fingerprint density at radius 1 is 0.824 bits per heavy atom. The van der Waals surface area contributed by atoms with Crippen molar-refractivity contribution in [1.82, 2.24) is 0 Å². The summed E-state index contributed by atoms with van der Waals surface area (Å²) in [5.74, 6) is 0. The molecule has 0 spiro atoms. The van der Waals surface area contributed by atoms with Crippen LogP contribution in [-0.4, -0.2) is 40.2 Å². The van der Waals surface area contributed by atoms with E-state index in [-0.39, 0.29) is 40.0 Å². The maximum absolute atomic E-state index is 8.06. The molecule has 0 aromatic carbocycles. The Hall–Kier alpha value is 0.554. The Bertz CT molecular complexity index is 67.3. The molecule has 0 saturated carbocycles. The standard InChI is InChI=1S/C3H8N.3C3H8O.Ti/c1-2-3-4;3*1-3(2)4;/h1-4H2;3*3-4H,1-2H3;/q-1;;;;. The Labute approximate surface area is 122 Å². The van der Waals surface area contributed by atoms with Gasteiger partial charge in [0, 0.05) is 40.0 Å². The molecule has 0 amide bonds. The van der Waals surface area contributed by atoms with Crippen molar-refractivity contribution in [3.8, 4) is 0 Å². The van der Waals surface area contributed by atoms with Crippen LogP contribution in [0.3, 0.4) is 0 Å². The molecule has 0 aromatic heterocycles. The molecule has 108 valence electrons. The van der Waals surface area contributed by atoms with Crippen molar-refractivity contribution in [3.05, 3.63) is 6.92 Å². The first-order chi connectivity index (χ1) is 7.11. The first-order valence-electron chi connectivity index (χ1n) is 5.65. The first kappa shape index (κ1) is 30.5. The second kappa shape index (κ2) is 30.0. The van der Waals surface area contributed by atoms with E-state index in [2.05, 4.69) is 6.92 Å². The fourth-order valence-electron chi connectivity index (χ4n) is 0. The topological polar surface area (TPSA) is 86.7 Å². The number of aliphatic hydroxyl groups is 3. The third-order valence-electron chi connectivity index (χ3n) is 0.204. The Kier molecular flexibility index (Phi) is 53.9. The summed E-state index contributed by atoms with van der Waals surface area (Å²) in [6.45, 7) is 14.5. The average Bonchev–Trinajstić information content (AvgIpc) is 2.00. The van der Waals surface area contributed by atoms with Crippen LogP contribution in [0.15, 0.2) is 0 Å². The van der Waals surface area contributed by atoms with Crippen molar-refractivity contribution in [3.63, 3.8) is 0 Å². The average molecular weight is 286 g/mol. The van der Waals surface area contributed by atoms with Gasteiger partial charge < -0.3 is 28.0 Å². The number of hydrogen-bond acceptors (Lipinski definition) is 4. The molecular formula is C12H32NO3Ti-. The smallest absolute Gasteiger partial charge is 0.0483 e. The molecule has 0 fully saturated rings. The van der Waals surface area contributed by atoms with Crippen molar-refractivity contribution >= 4 is 0 Å². The fourth-order valence-corrected chi connectivity index (χ4v) is 0. The minimum atomic E-state index is -0.167. The summed E-state index contributed by atoms with van der Waals surface area (Å²) in [6, 6.07) is 0. The summed E-state index contributed by atoms with van der Waals surface area (Å²) in [6.07, 6.45) is 0.347. The van der Waals surface area contributed by atoms with Gasteiger partial charge in [0.15, 0.2) is 0 Å². The van der Waals surface area contributed by atoms with E-state index in [0.717, 1.165) is 6.42 Å². The quantitative estimate of drug-likeness (QED) is 0.432. The van der Waals surface area contributed by atoms with Gasteiger partial charge in [0.2, 0.25) is 0 Å². The van der Waals surface area contributed by atoms with Gasteiger partial charge in [-0.1, -0.05) is 0 Å². The summed E-state index contributed by atoms with van der Waals surface area (Å²) in [4.78, 5) is 0. The molecule has 0 unspecified atom stereocenters. The van der Waals surface area contributed by atoms with Crippen molar-refractivity contribution in [2.45, 2.75) is 66.3 Å². The summed E-state index contributed by atoms with van der Waals surface area (Å²) in [7, 11) is 0. The molecule has 5 N–H and O–H groups in total. The molecule has 17 heavy (non-hydrogen) atoms. The third kappa shape index (κ3) is 1450. The largest absolute Gasteiger partial charge is 0.394 e. The molecule has 0 aromatic rings. The number of rotatable bonds is 1. The minimum absolute atomic E-state index is 0. The maximum Gasteiger partial charge on any atom is 0.0483 e. The maximum atomic E-state index is 8.06. The van der Waals surface area contributed by atoms with Gasteiger partial charge in [0.1, 0.15) is 0 Å². The van der Waals surface area contributed by atoms with Crippen LogP contribution in [0.2, 0.25) is 0 Å². The molecular weight excluding hydrogens is 254 g/mol. The zero-order valence-corrected chi connectivity index (χ0v) is 13.8. The molecule has 0 heterocycles. The van der Waals surface area contributed by atoms with Gasteiger partial charge in [-0.25, -0.2) is 0 Å². The van der Waals surface area contributed by atoms with Crippen LogP contribution in [-0.2, 0) is 21.7 Å². The fraction of sp³-hybridized carbons (Fsp3) is 0.917. The molecule has 0 aliphatic heterocycles. The van der Waals surface area contributed by atoms with Gasteiger partial charge in [-0.15, -0.1) is 0 Å². The summed E-state index contributed by atoms with van der Waals surface area (Å²) < 4.78 is 0. The van der Waals surface area contributed by atoms with E-state index in [1.807, 2.05) is 0 Å². The van der Waals surface area contributed by atoms with E-state index < -0.39 is 0 Å². The number of aliphatic hydroxyl groups excluding tert-OH is 3. The molecule has 0 aliphatic rings. The molecule has 0 bridgehead atoms.